The molecule has 24 heavy (non-hydrogen) atoms. The Balaban J connectivity index is 1.82. The molecule has 1 aliphatic rings. The molecule has 0 amide bonds. The van der Waals surface area contributed by atoms with Crippen molar-refractivity contribution in [3.8, 4) is 0 Å². The van der Waals surface area contributed by atoms with Gasteiger partial charge in [-0.15, -0.1) is 0 Å². The Kier molecular flexibility index (Phi) is 4.84. The van der Waals surface area contributed by atoms with Crippen LogP contribution in [0.1, 0.15) is 55.2 Å². The number of hydrogen-bond donors (Lipinski definition) is 1. The number of carbonyl (C=O) groups excluding carboxylic acids is 1. The van der Waals surface area contributed by atoms with Crippen LogP contribution in [0.3, 0.4) is 0 Å². The second kappa shape index (κ2) is 7.04. The summed E-state index contributed by atoms with van der Waals surface area (Å²) in [5.41, 5.74) is 5.88. The van der Waals surface area contributed by atoms with Crippen LogP contribution in [0.5, 0.6) is 0 Å². The highest BCUT2D eigenvalue weighted by Gasteiger charge is 2.22. The average molecular weight is 319 g/mol. The maximum atomic E-state index is 12.2. The van der Waals surface area contributed by atoms with Crippen molar-refractivity contribution in [2.75, 3.05) is 5.32 Å². The maximum Gasteiger partial charge on any atom is 0.158 e. The van der Waals surface area contributed by atoms with E-state index in [2.05, 4.69) is 56.4 Å². The summed E-state index contributed by atoms with van der Waals surface area (Å²) in [6.45, 7) is 6.50. The Labute approximate surface area is 144 Å². The first-order chi connectivity index (χ1) is 11.5. The summed E-state index contributed by atoms with van der Waals surface area (Å²) in [7, 11) is 0. The smallest absolute Gasteiger partial charge is 0.158 e. The van der Waals surface area contributed by atoms with Gasteiger partial charge in [0.05, 0.1) is 0 Å². The van der Waals surface area contributed by atoms with Gasteiger partial charge in [0.25, 0.3) is 0 Å². The van der Waals surface area contributed by atoms with Crippen molar-refractivity contribution in [3.63, 3.8) is 0 Å². The first-order valence-corrected chi connectivity index (χ1v) is 8.69. The monoisotopic (exact) mass is 319 g/mol. The highest BCUT2D eigenvalue weighted by atomic mass is 16.1. The third-order valence-corrected chi connectivity index (χ3v) is 4.74. The lowest BCUT2D eigenvalue weighted by Gasteiger charge is -2.24. The quantitative estimate of drug-likeness (QED) is 0.799. The van der Waals surface area contributed by atoms with Gasteiger partial charge < -0.3 is 5.32 Å². The van der Waals surface area contributed by atoms with Crippen LogP contribution in [0.15, 0.2) is 60.3 Å². The maximum absolute atomic E-state index is 12.2. The molecule has 1 atom stereocenters. The fraction of sp³-hybridized carbons (Fsp3) is 0.318. The molecule has 2 nitrogen and oxygen atoms in total. The fourth-order valence-electron chi connectivity index (χ4n) is 3.25. The van der Waals surface area contributed by atoms with E-state index >= 15 is 0 Å². The lowest BCUT2D eigenvalue weighted by Crippen LogP contribution is -2.17. The number of anilines is 1. The number of aryl methyl sites for hydroxylation is 1. The lowest BCUT2D eigenvalue weighted by molar-refractivity contribution is -0.115. The van der Waals surface area contributed by atoms with E-state index in [4.69, 9.17) is 0 Å². The number of rotatable bonds is 4. The highest BCUT2D eigenvalue weighted by molar-refractivity contribution is 5.92. The Morgan fingerprint density at radius 2 is 1.79 bits per heavy atom. The Hall–Kier alpha value is -2.35. The Morgan fingerprint density at radius 3 is 2.50 bits per heavy atom. The van der Waals surface area contributed by atoms with Crippen molar-refractivity contribution in [1.29, 1.82) is 0 Å². The van der Waals surface area contributed by atoms with Gasteiger partial charge in [-0.05, 0) is 47.9 Å². The van der Waals surface area contributed by atoms with E-state index in [0.29, 0.717) is 12.3 Å². The first-order valence-electron chi connectivity index (χ1n) is 8.69. The summed E-state index contributed by atoms with van der Waals surface area (Å²) >= 11 is 0. The second-order valence-electron chi connectivity index (χ2n) is 7.01. The summed E-state index contributed by atoms with van der Waals surface area (Å²) in [6, 6.07) is 16.9. The van der Waals surface area contributed by atoms with Gasteiger partial charge in [0.2, 0.25) is 0 Å². The molecule has 2 heteroatoms. The molecular formula is C22H25NO. The van der Waals surface area contributed by atoms with Gasteiger partial charge in [0.15, 0.2) is 5.78 Å². The van der Waals surface area contributed by atoms with Crippen LogP contribution in [0.25, 0.3) is 0 Å². The van der Waals surface area contributed by atoms with E-state index in [1.165, 1.54) is 16.7 Å². The highest BCUT2D eigenvalue weighted by Crippen LogP contribution is 2.33. The van der Waals surface area contributed by atoms with Crippen molar-refractivity contribution in [2.24, 2.45) is 0 Å². The summed E-state index contributed by atoms with van der Waals surface area (Å²) in [5, 5.41) is 3.51. The zero-order valence-electron chi connectivity index (χ0n) is 14.7. The van der Waals surface area contributed by atoms with Gasteiger partial charge in [0, 0.05) is 23.9 Å². The second-order valence-corrected chi connectivity index (χ2v) is 7.01. The molecule has 0 saturated carbocycles. The van der Waals surface area contributed by atoms with Crippen LogP contribution in [0, 0.1) is 6.92 Å². The minimum atomic E-state index is 0.204. The van der Waals surface area contributed by atoms with Crippen LogP contribution in [0.4, 0.5) is 5.69 Å². The third-order valence-electron chi connectivity index (χ3n) is 4.74. The molecule has 1 N–H and O–H groups in total. The van der Waals surface area contributed by atoms with Crippen molar-refractivity contribution < 1.29 is 4.79 Å². The predicted octanol–water partition coefficient (Wildman–Crippen LogP) is 5.56. The average Bonchev–Trinajstić information content (AvgIpc) is 2.57. The molecule has 0 bridgehead atoms. The molecular weight excluding hydrogens is 294 g/mol. The van der Waals surface area contributed by atoms with E-state index in [9.17, 15) is 4.79 Å². The Morgan fingerprint density at radius 1 is 1.04 bits per heavy atom. The normalized spacial score (nSPS) is 17.8. The topological polar surface area (TPSA) is 29.1 Å². The van der Waals surface area contributed by atoms with Gasteiger partial charge in [-0.25, -0.2) is 0 Å². The van der Waals surface area contributed by atoms with Crippen molar-refractivity contribution in [2.45, 2.75) is 45.4 Å². The largest absolute Gasteiger partial charge is 0.359 e. The summed E-state index contributed by atoms with van der Waals surface area (Å²) in [4.78, 5) is 12.2. The molecule has 3 rings (SSSR count). The molecule has 0 heterocycles. The van der Waals surface area contributed by atoms with Crippen LogP contribution in [-0.2, 0) is 4.79 Å². The van der Waals surface area contributed by atoms with E-state index in [1.54, 1.807) is 6.08 Å². The van der Waals surface area contributed by atoms with Crippen molar-refractivity contribution in [3.05, 3.63) is 77.0 Å². The van der Waals surface area contributed by atoms with Crippen LogP contribution < -0.4 is 5.32 Å². The lowest BCUT2D eigenvalue weighted by atomic mass is 9.85. The molecule has 2 aromatic rings. The molecule has 1 unspecified atom stereocenters. The van der Waals surface area contributed by atoms with Gasteiger partial charge in [-0.2, -0.15) is 0 Å². The molecule has 0 aromatic heterocycles. The fourth-order valence-corrected chi connectivity index (χ4v) is 3.25. The number of ketones is 1. The Bertz CT molecular complexity index is 759. The molecule has 1 aliphatic carbocycles. The predicted molar refractivity (Wildman–Crippen MR) is 100 cm³/mol. The molecule has 0 saturated heterocycles. The first kappa shape index (κ1) is 16.5. The van der Waals surface area contributed by atoms with E-state index < -0.39 is 0 Å². The number of hydrogen-bond acceptors (Lipinski definition) is 2. The van der Waals surface area contributed by atoms with E-state index in [1.807, 2.05) is 18.2 Å². The number of allylic oxidation sites excluding steroid dienone is 2. The summed E-state index contributed by atoms with van der Waals surface area (Å²) in [5.74, 6) is 0.959. The number of nitrogens with one attached hydrogen (secondary N) is 1. The molecule has 0 fully saturated rings. The van der Waals surface area contributed by atoms with Crippen LogP contribution in [0.2, 0.25) is 0 Å². The SMILES string of the molecule is Cc1ccc(C(C)C)cc1NC1=CC(=O)CC(c2ccccc2)C1. The van der Waals surface area contributed by atoms with Crippen LogP contribution in [-0.4, -0.2) is 5.78 Å². The third kappa shape index (κ3) is 3.76. The van der Waals surface area contributed by atoms with E-state index in [0.717, 1.165) is 17.8 Å². The molecule has 0 aliphatic heterocycles. The molecule has 0 radical (unpaired) electrons. The van der Waals surface area contributed by atoms with Crippen LogP contribution >= 0.6 is 0 Å². The minimum absolute atomic E-state index is 0.204. The van der Waals surface area contributed by atoms with Gasteiger partial charge >= 0.3 is 0 Å². The summed E-state index contributed by atoms with van der Waals surface area (Å²) < 4.78 is 0. The van der Waals surface area contributed by atoms with Gasteiger partial charge in [0.1, 0.15) is 0 Å². The summed E-state index contributed by atoms with van der Waals surface area (Å²) in [6.07, 6.45) is 3.25. The van der Waals surface area contributed by atoms with E-state index in [-0.39, 0.29) is 11.7 Å². The van der Waals surface area contributed by atoms with Crippen molar-refractivity contribution >= 4 is 11.5 Å². The minimum Gasteiger partial charge on any atom is -0.359 e. The molecule has 2 aromatic carbocycles. The van der Waals surface area contributed by atoms with Gasteiger partial charge in [-0.3, -0.25) is 4.79 Å². The number of benzene rings is 2. The van der Waals surface area contributed by atoms with Gasteiger partial charge in [-0.1, -0.05) is 56.3 Å². The molecule has 124 valence electrons. The van der Waals surface area contributed by atoms with Crippen molar-refractivity contribution in [1.82, 2.24) is 0 Å². The zero-order chi connectivity index (χ0) is 17.1. The zero-order valence-corrected chi connectivity index (χ0v) is 14.7. The molecule has 0 spiro atoms. The number of carbonyl (C=O) groups is 1. The standard InChI is InChI=1S/C22H25NO/c1-15(2)18-10-9-16(3)22(13-18)23-20-11-19(12-21(24)14-20)17-7-5-4-6-8-17/h4-10,13-15,19,23H,11-12H2,1-3H3.